The lowest BCUT2D eigenvalue weighted by Gasteiger charge is -2.16. The number of para-hydroxylation sites is 2. The van der Waals surface area contributed by atoms with Gasteiger partial charge in [-0.05, 0) is 24.3 Å². The molecule has 0 saturated heterocycles. The van der Waals surface area contributed by atoms with E-state index in [9.17, 15) is 10.5 Å². The van der Waals surface area contributed by atoms with Gasteiger partial charge in [0.1, 0.15) is 34.8 Å². The van der Waals surface area contributed by atoms with Crippen molar-refractivity contribution in [3.8, 4) is 35.1 Å². The summed E-state index contributed by atoms with van der Waals surface area (Å²) in [7, 11) is 0. The summed E-state index contributed by atoms with van der Waals surface area (Å²) in [4.78, 5) is 0. The molecule has 0 unspecified atom stereocenters. The first-order chi connectivity index (χ1) is 13.8. The lowest BCUT2D eigenvalue weighted by Crippen LogP contribution is -1.98. The molecule has 0 aliphatic rings. The molecule has 4 aromatic carbocycles. The van der Waals surface area contributed by atoms with Gasteiger partial charge in [0.2, 0.25) is 0 Å². The van der Waals surface area contributed by atoms with Gasteiger partial charge in [-0.25, -0.2) is 0 Å². The standard InChI is InChI=1S/C24H14N2O2/c25-15-21-22(16-26)24(28-18-11-5-2-6-12-18)20-14-8-7-13-19(20)23(21)27-17-9-3-1-4-10-17/h1-14H. The highest BCUT2D eigenvalue weighted by atomic mass is 16.5. The van der Waals surface area contributed by atoms with Crippen LogP contribution in [0.3, 0.4) is 0 Å². The van der Waals surface area contributed by atoms with E-state index >= 15 is 0 Å². The Morgan fingerprint density at radius 1 is 0.500 bits per heavy atom. The normalized spacial score (nSPS) is 10.1. The van der Waals surface area contributed by atoms with Crippen molar-refractivity contribution < 1.29 is 9.47 Å². The summed E-state index contributed by atoms with van der Waals surface area (Å²) in [6, 6.07) is 30.1. The quantitative estimate of drug-likeness (QED) is 0.435. The van der Waals surface area contributed by atoms with Crippen molar-refractivity contribution >= 4 is 10.8 Å². The van der Waals surface area contributed by atoms with Crippen LogP contribution in [0, 0.1) is 22.7 Å². The molecule has 132 valence electrons. The molecule has 0 spiro atoms. The van der Waals surface area contributed by atoms with Crippen LogP contribution in [0.5, 0.6) is 23.0 Å². The Morgan fingerprint density at radius 2 is 0.857 bits per heavy atom. The van der Waals surface area contributed by atoms with Gasteiger partial charge in [0, 0.05) is 10.8 Å². The van der Waals surface area contributed by atoms with Crippen LogP contribution in [0.15, 0.2) is 84.9 Å². The van der Waals surface area contributed by atoms with Crippen LogP contribution in [-0.2, 0) is 0 Å². The minimum atomic E-state index is 0.149. The molecule has 0 N–H and O–H groups in total. The molecule has 0 amide bonds. The second-order valence-corrected chi connectivity index (χ2v) is 6.01. The number of ether oxygens (including phenoxy) is 2. The van der Waals surface area contributed by atoms with Gasteiger partial charge in [0.05, 0.1) is 0 Å². The van der Waals surface area contributed by atoms with Crippen LogP contribution in [0.2, 0.25) is 0 Å². The third-order valence-corrected chi connectivity index (χ3v) is 4.27. The first-order valence-electron chi connectivity index (χ1n) is 8.66. The van der Waals surface area contributed by atoms with Gasteiger partial charge in [-0.2, -0.15) is 10.5 Å². The monoisotopic (exact) mass is 362 g/mol. The molecule has 0 fully saturated rings. The summed E-state index contributed by atoms with van der Waals surface area (Å²) >= 11 is 0. The van der Waals surface area contributed by atoms with Crippen LogP contribution in [0.4, 0.5) is 0 Å². The second-order valence-electron chi connectivity index (χ2n) is 6.01. The molecule has 4 rings (SSSR count). The average Bonchev–Trinajstić information content (AvgIpc) is 2.76. The van der Waals surface area contributed by atoms with Gasteiger partial charge in [-0.3, -0.25) is 0 Å². The number of rotatable bonds is 4. The van der Waals surface area contributed by atoms with E-state index in [1.165, 1.54) is 0 Å². The fourth-order valence-corrected chi connectivity index (χ4v) is 3.01. The molecule has 0 saturated carbocycles. The van der Waals surface area contributed by atoms with Gasteiger partial charge in [-0.1, -0.05) is 60.7 Å². The number of hydrogen-bond acceptors (Lipinski definition) is 4. The number of fused-ring (bicyclic) bond motifs is 1. The molecule has 0 radical (unpaired) electrons. The zero-order valence-corrected chi connectivity index (χ0v) is 14.8. The largest absolute Gasteiger partial charge is 0.455 e. The topological polar surface area (TPSA) is 66.0 Å². The van der Waals surface area contributed by atoms with Gasteiger partial charge in [-0.15, -0.1) is 0 Å². The maximum atomic E-state index is 9.82. The van der Waals surface area contributed by atoms with Crippen molar-refractivity contribution in [2.75, 3.05) is 0 Å². The highest BCUT2D eigenvalue weighted by Crippen LogP contribution is 2.43. The van der Waals surface area contributed by atoms with Crippen molar-refractivity contribution in [1.29, 1.82) is 10.5 Å². The highest BCUT2D eigenvalue weighted by Gasteiger charge is 2.22. The van der Waals surface area contributed by atoms with E-state index in [0.717, 1.165) is 0 Å². The maximum absolute atomic E-state index is 9.82. The Kier molecular flexibility index (Phi) is 4.61. The lowest BCUT2D eigenvalue weighted by atomic mass is 9.98. The predicted octanol–water partition coefficient (Wildman–Crippen LogP) is 6.17. The fourth-order valence-electron chi connectivity index (χ4n) is 3.01. The van der Waals surface area contributed by atoms with Crippen molar-refractivity contribution in [3.63, 3.8) is 0 Å². The number of nitrogens with zero attached hydrogens (tertiary/aromatic N) is 2. The average molecular weight is 362 g/mol. The molecular formula is C24H14N2O2. The Bertz CT molecular complexity index is 1120. The van der Waals surface area contributed by atoms with Crippen LogP contribution in [0.25, 0.3) is 10.8 Å². The van der Waals surface area contributed by atoms with Crippen molar-refractivity contribution in [1.82, 2.24) is 0 Å². The molecule has 0 aliphatic heterocycles. The molecule has 28 heavy (non-hydrogen) atoms. The van der Waals surface area contributed by atoms with E-state index in [1.54, 1.807) is 24.3 Å². The number of benzene rings is 4. The molecular weight excluding hydrogens is 348 g/mol. The Morgan fingerprint density at radius 3 is 1.21 bits per heavy atom. The predicted molar refractivity (Wildman–Crippen MR) is 106 cm³/mol. The minimum absolute atomic E-state index is 0.149. The molecule has 4 heteroatoms. The summed E-state index contributed by atoms with van der Waals surface area (Å²) in [6.07, 6.45) is 0. The van der Waals surface area contributed by atoms with E-state index < -0.39 is 0 Å². The zero-order chi connectivity index (χ0) is 19.3. The molecule has 0 aromatic heterocycles. The van der Waals surface area contributed by atoms with Crippen molar-refractivity contribution in [2.24, 2.45) is 0 Å². The number of nitriles is 2. The van der Waals surface area contributed by atoms with E-state index in [2.05, 4.69) is 12.1 Å². The molecule has 0 atom stereocenters. The molecule has 0 aliphatic carbocycles. The van der Waals surface area contributed by atoms with Gasteiger partial charge in [0.15, 0.2) is 11.5 Å². The van der Waals surface area contributed by atoms with Gasteiger partial charge in [0.25, 0.3) is 0 Å². The highest BCUT2D eigenvalue weighted by molar-refractivity contribution is 5.98. The maximum Gasteiger partial charge on any atom is 0.154 e. The lowest BCUT2D eigenvalue weighted by molar-refractivity contribution is 0.475. The Labute approximate surface area is 162 Å². The van der Waals surface area contributed by atoms with Crippen molar-refractivity contribution in [2.45, 2.75) is 0 Å². The smallest absolute Gasteiger partial charge is 0.154 e. The summed E-state index contributed by atoms with van der Waals surface area (Å²) in [5.41, 5.74) is 0.298. The number of hydrogen-bond donors (Lipinski definition) is 0. The fraction of sp³-hybridized carbons (Fsp3) is 0. The van der Waals surface area contributed by atoms with Crippen LogP contribution in [-0.4, -0.2) is 0 Å². The van der Waals surface area contributed by atoms with Crippen LogP contribution in [0.1, 0.15) is 11.1 Å². The first-order valence-corrected chi connectivity index (χ1v) is 8.66. The summed E-state index contributed by atoms with van der Waals surface area (Å²) in [6.45, 7) is 0. The Hall–Kier alpha value is -4.28. The van der Waals surface area contributed by atoms with E-state index in [4.69, 9.17) is 9.47 Å². The SMILES string of the molecule is N#Cc1c(C#N)c(Oc2ccccc2)c2ccccc2c1Oc1ccccc1. The van der Waals surface area contributed by atoms with Gasteiger partial charge >= 0.3 is 0 Å². The summed E-state index contributed by atoms with van der Waals surface area (Å²) < 4.78 is 12.1. The molecule has 0 heterocycles. The van der Waals surface area contributed by atoms with E-state index in [0.29, 0.717) is 33.8 Å². The molecule has 4 nitrogen and oxygen atoms in total. The van der Waals surface area contributed by atoms with E-state index in [1.807, 2.05) is 60.7 Å². The van der Waals surface area contributed by atoms with E-state index in [-0.39, 0.29) is 11.1 Å². The van der Waals surface area contributed by atoms with Crippen LogP contribution >= 0.6 is 0 Å². The molecule has 0 bridgehead atoms. The third kappa shape index (κ3) is 3.11. The van der Waals surface area contributed by atoms with Crippen molar-refractivity contribution in [3.05, 3.63) is 96.1 Å². The zero-order valence-electron chi connectivity index (χ0n) is 14.8. The molecule has 4 aromatic rings. The third-order valence-electron chi connectivity index (χ3n) is 4.27. The summed E-state index contributed by atoms with van der Waals surface area (Å²) in [5.74, 6) is 1.87. The van der Waals surface area contributed by atoms with Crippen LogP contribution < -0.4 is 9.47 Å². The van der Waals surface area contributed by atoms with Gasteiger partial charge < -0.3 is 9.47 Å². The minimum Gasteiger partial charge on any atom is -0.455 e. The second kappa shape index (κ2) is 7.53. The summed E-state index contributed by atoms with van der Waals surface area (Å²) in [5, 5.41) is 21.0. The first kappa shape index (κ1) is 17.1. The Balaban J connectivity index is 1.98.